The molecule has 1 aromatic carbocycles. The molecular weight excluding hydrogens is 356 g/mol. The van der Waals surface area contributed by atoms with Gasteiger partial charge in [-0.15, -0.1) is 0 Å². The Bertz CT molecular complexity index is 941. The quantitative estimate of drug-likeness (QED) is 0.637. The highest BCUT2D eigenvalue weighted by Crippen LogP contribution is 2.33. The highest BCUT2D eigenvalue weighted by molar-refractivity contribution is 5.98. The predicted octanol–water partition coefficient (Wildman–Crippen LogP) is 2.58. The van der Waals surface area contributed by atoms with Gasteiger partial charge in [-0.2, -0.15) is 5.26 Å². The Kier molecular flexibility index (Phi) is 4.95. The first-order valence-electron chi connectivity index (χ1n) is 9.88. The van der Waals surface area contributed by atoms with Crippen LogP contribution in [0.25, 0.3) is 10.9 Å². The van der Waals surface area contributed by atoms with Gasteiger partial charge in [0.15, 0.2) is 0 Å². The van der Waals surface area contributed by atoms with E-state index in [2.05, 4.69) is 21.7 Å². The zero-order chi connectivity index (χ0) is 19.7. The Morgan fingerprint density at radius 1 is 1.18 bits per heavy atom. The summed E-state index contributed by atoms with van der Waals surface area (Å²) in [7, 11) is 0. The summed E-state index contributed by atoms with van der Waals surface area (Å²) in [4.78, 5) is 28.6. The van der Waals surface area contributed by atoms with E-state index in [4.69, 9.17) is 0 Å². The van der Waals surface area contributed by atoms with E-state index in [0.717, 1.165) is 43.0 Å². The SMILES string of the molecule is N#C[C@@H](NC(=O)[C@@H]1CCCCC1NC(=O)c1cc2cc(O)ccc2[nH]1)C1CC1. The fraction of sp³-hybridized carbons (Fsp3) is 0.476. The van der Waals surface area contributed by atoms with Crippen molar-refractivity contribution in [3.63, 3.8) is 0 Å². The first-order valence-corrected chi connectivity index (χ1v) is 9.88. The minimum absolute atomic E-state index is 0.134. The standard InChI is InChI=1S/C21H24N4O3/c22-11-19(12-5-6-12)25-20(27)15-3-1-2-4-17(15)24-21(28)18-10-13-9-14(26)7-8-16(13)23-18/h7-10,12,15,17,19,23,26H,1-6H2,(H,24,28)(H,25,27)/t15-,17?,19-/m1/s1. The molecule has 7 nitrogen and oxygen atoms in total. The number of rotatable bonds is 5. The second-order valence-corrected chi connectivity index (χ2v) is 7.88. The summed E-state index contributed by atoms with van der Waals surface area (Å²) >= 11 is 0. The van der Waals surface area contributed by atoms with Crippen LogP contribution in [0.2, 0.25) is 0 Å². The third-order valence-corrected chi connectivity index (χ3v) is 5.80. The molecule has 0 spiro atoms. The third kappa shape index (κ3) is 3.81. The summed E-state index contributed by atoms with van der Waals surface area (Å²) < 4.78 is 0. The molecule has 2 aliphatic carbocycles. The molecule has 7 heteroatoms. The second-order valence-electron chi connectivity index (χ2n) is 7.88. The smallest absolute Gasteiger partial charge is 0.267 e. The van der Waals surface area contributed by atoms with Crippen molar-refractivity contribution < 1.29 is 14.7 Å². The van der Waals surface area contributed by atoms with E-state index in [1.165, 1.54) is 0 Å². The van der Waals surface area contributed by atoms with Gasteiger partial charge < -0.3 is 20.7 Å². The lowest BCUT2D eigenvalue weighted by Crippen LogP contribution is -2.50. The van der Waals surface area contributed by atoms with Crippen LogP contribution in [0.1, 0.15) is 49.0 Å². The first-order chi connectivity index (χ1) is 13.5. The summed E-state index contributed by atoms with van der Waals surface area (Å²) in [5, 5.41) is 25.5. The molecule has 2 saturated carbocycles. The summed E-state index contributed by atoms with van der Waals surface area (Å²) in [6, 6.07) is 8.09. The monoisotopic (exact) mass is 380 g/mol. The van der Waals surface area contributed by atoms with Crippen LogP contribution in [0.15, 0.2) is 24.3 Å². The molecule has 1 unspecified atom stereocenters. The van der Waals surface area contributed by atoms with Crippen molar-refractivity contribution >= 4 is 22.7 Å². The predicted molar refractivity (Wildman–Crippen MR) is 103 cm³/mol. The van der Waals surface area contributed by atoms with Crippen molar-refractivity contribution in [1.82, 2.24) is 15.6 Å². The first kappa shape index (κ1) is 18.4. The van der Waals surface area contributed by atoms with E-state index >= 15 is 0 Å². The number of phenolic OH excluding ortho intramolecular Hbond substituents is 1. The highest BCUT2D eigenvalue weighted by Gasteiger charge is 2.37. The van der Waals surface area contributed by atoms with Gasteiger partial charge >= 0.3 is 0 Å². The zero-order valence-corrected chi connectivity index (χ0v) is 15.6. The zero-order valence-electron chi connectivity index (χ0n) is 15.6. The Morgan fingerprint density at radius 3 is 2.71 bits per heavy atom. The fourth-order valence-electron chi connectivity index (χ4n) is 4.05. The minimum Gasteiger partial charge on any atom is -0.508 e. The van der Waals surface area contributed by atoms with Crippen molar-refractivity contribution in [3.05, 3.63) is 30.0 Å². The number of hydrogen-bond acceptors (Lipinski definition) is 4. The number of nitrogens with zero attached hydrogens (tertiary/aromatic N) is 1. The van der Waals surface area contributed by atoms with Gasteiger partial charge in [0.05, 0.1) is 12.0 Å². The molecule has 4 rings (SSSR count). The normalized spacial score (nSPS) is 23.0. The molecule has 2 fully saturated rings. The number of carbonyl (C=O) groups is 2. The molecule has 1 heterocycles. The van der Waals surface area contributed by atoms with E-state index in [1.54, 1.807) is 24.3 Å². The number of fused-ring (bicyclic) bond motifs is 1. The van der Waals surface area contributed by atoms with Gasteiger partial charge in [-0.25, -0.2) is 0 Å². The van der Waals surface area contributed by atoms with E-state index < -0.39 is 6.04 Å². The Labute approximate surface area is 163 Å². The Morgan fingerprint density at radius 2 is 1.96 bits per heavy atom. The lowest BCUT2D eigenvalue weighted by Gasteiger charge is -2.31. The molecule has 0 bridgehead atoms. The fourth-order valence-corrected chi connectivity index (χ4v) is 4.05. The molecule has 0 saturated heterocycles. The van der Waals surface area contributed by atoms with Crippen LogP contribution in [0.4, 0.5) is 0 Å². The molecule has 1 aromatic heterocycles. The average molecular weight is 380 g/mol. The summed E-state index contributed by atoms with van der Waals surface area (Å²) in [6.07, 6.45) is 5.32. The topological polar surface area (TPSA) is 118 Å². The molecule has 146 valence electrons. The summed E-state index contributed by atoms with van der Waals surface area (Å²) in [6.45, 7) is 0. The van der Waals surface area contributed by atoms with Gasteiger partial charge in [0, 0.05) is 16.9 Å². The van der Waals surface area contributed by atoms with E-state index in [9.17, 15) is 20.0 Å². The highest BCUT2D eigenvalue weighted by atomic mass is 16.3. The van der Waals surface area contributed by atoms with Gasteiger partial charge in [-0.05, 0) is 55.9 Å². The number of aromatic amines is 1. The summed E-state index contributed by atoms with van der Waals surface area (Å²) in [5.41, 5.74) is 1.17. The van der Waals surface area contributed by atoms with Gasteiger partial charge in [0.1, 0.15) is 17.5 Å². The van der Waals surface area contributed by atoms with Crippen LogP contribution < -0.4 is 10.6 Å². The van der Waals surface area contributed by atoms with Crippen LogP contribution in [0.3, 0.4) is 0 Å². The maximum Gasteiger partial charge on any atom is 0.267 e. The number of aromatic nitrogens is 1. The summed E-state index contributed by atoms with van der Waals surface area (Å²) in [5.74, 6) is -0.302. The lowest BCUT2D eigenvalue weighted by atomic mass is 9.83. The van der Waals surface area contributed by atoms with Crippen LogP contribution >= 0.6 is 0 Å². The van der Waals surface area contributed by atoms with Gasteiger partial charge in [-0.3, -0.25) is 9.59 Å². The largest absolute Gasteiger partial charge is 0.508 e. The molecular formula is C21H24N4O3. The molecule has 3 atom stereocenters. The molecule has 0 aliphatic heterocycles. The number of hydrogen-bond donors (Lipinski definition) is 4. The number of H-pyrrole nitrogens is 1. The maximum atomic E-state index is 12.8. The van der Waals surface area contributed by atoms with Crippen LogP contribution in [-0.4, -0.2) is 34.0 Å². The molecule has 2 amide bonds. The van der Waals surface area contributed by atoms with Crippen LogP contribution in [-0.2, 0) is 4.79 Å². The number of nitrogens with one attached hydrogen (secondary N) is 3. The van der Waals surface area contributed by atoms with Crippen molar-refractivity contribution in [2.45, 2.75) is 50.6 Å². The van der Waals surface area contributed by atoms with Gasteiger partial charge in [0.25, 0.3) is 5.91 Å². The van der Waals surface area contributed by atoms with E-state index in [1.807, 2.05) is 0 Å². The van der Waals surface area contributed by atoms with Gasteiger partial charge in [-0.1, -0.05) is 12.8 Å². The molecule has 2 aromatic rings. The van der Waals surface area contributed by atoms with Crippen LogP contribution in [0.5, 0.6) is 5.75 Å². The Balaban J connectivity index is 1.45. The maximum absolute atomic E-state index is 12.8. The minimum atomic E-state index is -0.424. The molecule has 2 aliphatic rings. The molecule has 4 N–H and O–H groups in total. The van der Waals surface area contributed by atoms with E-state index in [0.29, 0.717) is 12.1 Å². The van der Waals surface area contributed by atoms with Crippen LogP contribution in [0, 0.1) is 23.2 Å². The van der Waals surface area contributed by atoms with Gasteiger partial charge in [0.2, 0.25) is 5.91 Å². The van der Waals surface area contributed by atoms with Crippen molar-refractivity contribution in [2.24, 2.45) is 11.8 Å². The number of nitriles is 1. The average Bonchev–Trinajstić information content (AvgIpc) is 3.45. The Hall–Kier alpha value is -3.01. The molecule has 28 heavy (non-hydrogen) atoms. The number of amides is 2. The molecule has 0 radical (unpaired) electrons. The lowest BCUT2D eigenvalue weighted by molar-refractivity contribution is -0.127. The third-order valence-electron chi connectivity index (χ3n) is 5.80. The van der Waals surface area contributed by atoms with Crippen molar-refractivity contribution in [2.75, 3.05) is 0 Å². The number of phenols is 1. The van der Waals surface area contributed by atoms with Crippen molar-refractivity contribution in [3.8, 4) is 11.8 Å². The second kappa shape index (κ2) is 7.55. The number of carbonyl (C=O) groups excluding carboxylic acids is 2. The number of aromatic hydroxyl groups is 1. The van der Waals surface area contributed by atoms with E-state index in [-0.39, 0.29) is 35.4 Å². The number of benzene rings is 1. The van der Waals surface area contributed by atoms with Crippen molar-refractivity contribution in [1.29, 1.82) is 5.26 Å².